The quantitative estimate of drug-likeness (QED) is 0.929. The molecule has 0 amide bonds. The lowest BCUT2D eigenvalue weighted by molar-refractivity contribution is 0.581. The van der Waals surface area contributed by atoms with Crippen molar-refractivity contribution in [2.45, 2.75) is 19.5 Å². The Bertz CT molecular complexity index is 411. The van der Waals surface area contributed by atoms with Gasteiger partial charge in [0, 0.05) is 38.9 Å². The zero-order valence-electron chi connectivity index (χ0n) is 8.24. The molecule has 15 heavy (non-hydrogen) atoms. The van der Waals surface area contributed by atoms with Crippen LogP contribution in [0.4, 0.5) is 0 Å². The summed E-state index contributed by atoms with van der Waals surface area (Å²) in [5.74, 6) is 0. The molecule has 0 radical (unpaired) electrons. The van der Waals surface area contributed by atoms with E-state index in [1.165, 1.54) is 4.88 Å². The molecule has 2 heterocycles. The van der Waals surface area contributed by atoms with Crippen LogP contribution in [-0.2, 0) is 6.54 Å². The number of rotatable bonds is 4. The first-order valence-corrected chi connectivity index (χ1v) is 7.16. The third kappa shape index (κ3) is 3.11. The number of nitrogens with zero attached hydrogens (tertiary/aromatic N) is 1. The molecule has 0 fully saturated rings. The van der Waals surface area contributed by atoms with E-state index in [1.54, 1.807) is 22.7 Å². The fourth-order valence-corrected chi connectivity index (χ4v) is 3.28. The number of thiophene rings is 1. The molecule has 1 N–H and O–H groups in total. The molecule has 80 valence electrons. The van der Waals surface area contributed by atoms with Crippen LogP contribution in [0.25, 0.3) is 0 Å². The van der Waals surface area contributed by atoms with Crippen molar-refractivity contribution >= 4 is 38.6 Å². The van der Waals surface area contributed by atoms with E-state index in [0.717, 1.165) is 16.0 Å². The Balaban J connectivity index is 1.90. The van der Waals surface area contributed by atoms with Gasteiger partial charge in [0.2, 0.25) is 0 Å². The van der Waals surface area contributed by atoms with Crippen LogP contribution in [0, 0.1) is 0 Å². The number of nitrogens with one attached hydrogen (secondary N) is 1. The topological polar surface area (TPSA) is 24.9 Å². The third-order valence-corrected chi connectivity index (χ3v) is 4.71. The summed E-state index contributed by atoms with van der Waals surface area (Å²) in [7, 11) is 0. The molecule has 0 aliphatic rings. The molecule has 2 aromatic heterocycles. The van der Waals surface area contributed by atoms with Crippen LogP contribution < -0.4 is 5.32 Å². The van der Waals surface area contributed by atoms with E-state index in [1.807, 2.05) is 11.6 Å². The van der Waals surface area contributed by atoms with E-state index < -0.39 is 0 Å². The zero-order valence-corrected chi connectivity index (χ0v) is 11.5. The van der Waals surface area contributed by atoms with Gasteiger partial charge in [-0.1, -0.05) is 0 Å². The minimum absolute atomic E-state index is 0.380. The van der Waals surface area contributed by atoms with Crippen LogP contribution in [0.3, 0.4) is 0 Å². The van der Waals surface area contributed by atoms with Crippen LogP contribution in [0.5, 0.6) is 0 Å². The van der Waals surface area contributed by atoms with Crippen molar-refractivity contribution in [1.82, 2.24) is 10.3 Å². The largest absolute Gasteiger partial charge is 0.303 e. The van der Waals surface area contributed by atoms with Crippen LogP contribution in [0.2, 0.25) is 0 Å². The van der Waals surface area contributed by atoms with Crippen LogP contribution in [-0.4, -0.2) is 4.98 Å². The molecule has 1 unspecified atom stereocenters. The minimum atomic E-state index is 0.380. The standard InChI is InChI=1S/C10H11BrN2S2/c1-7(9-4-8(11)6-15-9)13-5-10-12-2-3-14-10/h2-4,6-7,13H,5H2,1H3. The van der Waals surface area contributed by atoms with Crippen molar-refractivity contribution in [3.63, 3.8) is 0 Å². The van der Waals surface area contributed by atoms with Crippen LogP contribution in [0.15, 0.2) is 27.5 Å². The summed E-state index contributed by atoms with van der Waals surface area (Å²) in [6.45, 7) is 3.01. The molecule has 5 heteroatoms. The molecule has 2 nitrogen and oxygen atoms in total. The van der Waals surface area contributed by atoms with Gasteiger partial charge in [-0.15, -0.1) is 22.7 Å². The number of thiazole rings is 1. The molecular weight excluding hydrogens is 292 g/mol. The second-order valence-corrected chi connectivity index (χ2v) is 6.03. The first kappa shape index (κ1) is 11.3. The van der Waals surface area contributed by atoms with Gasteiger partial charge < -0.3 is 5.32 Å². The van der Waals surface area contributed by atoms with E-state index in [0.29, 0.717) is 6.04 Å². The van der Waals surface area contributed by atoms with Crippen LogP contribution in [0.1, 0.15) is 22.9 Å². The molecule has 0 aromatic carbocycles. The number of halogens is 1. The highest BCUT2D eigenvalue weighted by Gasteiger charge is 2.07. The molecule has 1 atom stereocenters. The molecule has 0 spiro atoms. The normalized spacial score (nSPS) is 12.9. The summed E-state index contributed by atoms with van der Waals surface area (Å²) < 4.78 is 1.16. The lowest BCUT2D eigenvalue weighted by Crippen LogP contribution is -2.16. The highest BCUT2D eigenvalue weighted by molar-refractivity contribution is 9.10. The molecule has 0 aliphatic heterocycles. The molecule has 0 bridgehead atoms. The van der Waals surface area contributed by atoms with Gasteiger partial charge in [-0.05, 0) is 28.9 Å². The monoisotopic (exact) mass is 302 g/mol. The van der Waals surface area contributed by atoms with E-state index in [9.17, 15) is 0 Å². The minimum Gasteiger partial charge on any atom is -0.303 e. The van der Waals surface area contributed by atoms with Crippen molar-refractivity contribution in [2.75, 3.05) is 0 Å². The number of aromatic nitrogens is 1. The van der Waals surface area contributed by atoms with E-state index in [2.05, 4.69) is 44.6 Å². The summed E-state index contributed by atoms with van der Waals surface area (Å²) in [5.41, 5.74) is 0. The second-order valence-electron chi connectivity index (χ2n) is 3.20. The summed E-state index contributed by atoms with van der Waals surface area (Å²) in [4.78, 5) is 5.58. The van der Waals surface area contributed by atoms with Crippen molar-refractivity contribution in [3.8, 4) is 0 Å². The van der Waals surface area contributed by atoms with Crippen molar-refractivity contribution in [1.29, 1.82) is 0 Å². The fourth-order valence-electron chi connectivity index (χ4n) is 1.24. The molecule has 0 saturated heterocycles. The van der Waals surface area contributed by atoms with Gasteiger partial charge in [0.15, 0.2) is 0 Å². The highest BCUT2D eigenvalue weighted by atomic mass is 79.9. The Labute approximate surface area is 106 Å². The Hall–Kier alpha value is -0.230. The van der Waals surface area contributed by atoms with Gasteiger partial charge >= 0.3 is 0 Å². The summed E-state index contributed by atoms with van der Waals surface area (Å²) in [6.07, 6.45) is 1.84. The fraction of sp³-hybridized carbons (Fsp3) is 0.300. The average Bonchev–Trinajstić information content (AvgIpc) is 2.84. The predicted molar refractivity (Wildman–Crippen MR) is 69.4 cm³/mol. The van der Waals surface area contributed by atoms with Gasteiger partial charge in [0.1, 0.15) is 5.01 Å². The average molecular weight is 303 g/mol. The molecule has 2 aromatic rings. The highest BCUT2D eigenvalue weighted by Crippen LogP contribution is 2.25. The third-order valence-electron chi connectivity index (χ3n) is 2.06. The van der Waals surface area contributed by atoms with Gasteiger partial charge in [0.05, 0.1) is 0 Å². The first-order chi connectivity index (χ1) is 7.25. The van der Waals surface area contributed by atoms with E-state index in [4.69, 9.17) is 0 Å². The summed E-state index contributed by atoms with van der Waals surface area (Å²) in [5, 5.41) is 8.70. The van der Waals surface area contributed by atoms with Crippen molar-refractivity contribution in [3.05, 3.63) is 37.4 Å². The van der Waals surface area contributed by atoms with Gasteiger partial charge in [0.25, 0.3) is 0 Å². The Morgan fingerprint density at radius 1 is 1.53 bits per heavy atom. The second kappa shape index (κ2) is 5.21. The maximum atomic E-state index is 4.24. The predicted octanol–water partition coefficient (Wildman–Crippen LogP) is 3.82. The van der Waals surface area contributed by atoms with Crippen molar-refractivity contribution < 1.29 is 0 Å². The Kier molecular flexibility index (Phi) is 3.91. The summed E-state index contributed by atoms with van der Waals surface area (Å²) in [6, 6.07) is 2.54. The maximum Gasteiger partial charge on any atom is 0.106 e. The lowest BCUT2D eigenvalue weighted by Gasteiger charge is -2.10. The smallest absolute Gasteiger partial charge is 0.106 e. The first-order valence-electron chi connectivity index (χ1n) is 4.61. The van der Waals surface area contributed by atoms with Crippen molar-refractivity contribution in [2.24, 2.45) is 0 Å². The molecule has 0 aliphatic carbocycles. The van der Waals surface area contributed by atoms with E-state index in [-0.39, 0.29) is 0 Å². The Morgan fingerprint density at radius 2 is 2.40 bits per heavy atom. The number of hydrogen-bond acceptors (Lipinski definition) is 4. The molecule has 2 rings (SSSR count). The summed E-state index contributed by atoms with van der Waals surface area (Å²) >= 11 is 6.92. The molecule has 0 saturated carbocycles. The Morgan fingerprint density at radius 3 is 3.00 bits per heavy atom. The van der Waals surface area contributed by atoms with Gasteiger partial charge in [-0.2, -0.15) is 0 Å². The molecular formula is C10H11BrN2S2. The van der Waals surface area contributed by atoms with Gasteiger partial charge in [-0.25, -0.2) is 4.98 Å². The zero-order chi connectivity index (χ0) is 10.7. The lowest BCUT2D eigenvalue weighted by atomic mass is 10.3. The van der Waals surface area contributed by atoms with Crippen LogP contribution >= 0.6 is 38.6 Å². The van der Waals surface area contributed by atoms with E-state index >= 15 is 0 Å². The number of hydrogen-bond donors (Lipinski definition) is 1. The maximum absolute atomic E-state index is 4.24. The SMILES string of the molecule is CC(NCc1nccs1)c1cc(Br)cs1. The van der Waals surface area contributed by atoms with Gasteiger partial charge in [-0.3, -0.25) is 0 Å².